The van der Waals surface area contributed by atoms with E-state index in [4.69, 9.17) is 5.11 Å². The number of rotatable bonds is 0. The molecule has 1 N–H and O–H groups in total. The van der Waals surface area contributed by atoms with E-state index >= 15 is 0 Å². The lowest BCUT2D eigenvalue weighted by atomic mass is 10.2. The van der Waals surface area contributed by atoms with Crippen LogP contribution in [0.25, 0.3) is 10.9 Å². The fraction of sp³-hybridized carbons (Fsp3) is 0.111. The van der Waals surface area contributed by atoms with Crippen LogP contribution in [0.4, 0.5) is 0 Å². The predicted octanol–water partition coefficient (Wildman–Crippen LogP) is 1.64. The third kappa shape index (κ3) is 0.993. The molecule has 60 valence electrons. The van der Waals surface area contributed by atoms with E-state index in [1.165, 1.54) is 6.33 Å². The largest absolute Gasteiger partial charge is 0.508 e. The molecule has 0 saturated heterocycles. The van der Waals surface area contributed by atoms with E-state index in [1.807, 2.05) is 13.0 Å². The molecule has 2 rings (SSSR count). The minimum Gasteiger partial charge on any atom is -0.508 e. The van der Waals surface area contributed by atoms with Gasteiger partial charge in [-0.05, 0) is 19.1 Å². The van der Waals surface area contributed by atoms with Gasteiger partial charge in [-0.2, -0.15) is 0 Å². The molecule has 2 aromatic rings. The molecule has 0 aliphatic rings. The fourth-order valence-electron chi connectivity index (χ4n) is 1.18. The molecule has 3 nitrogen and oxygen atoms in total. The van der Waals surface area contributed by atoms with Crippen molar-refractivity contribution >= 4 is 10.9 Å². The van der Waals surface area contributed by atoms with Crippen molar-refractivity contribution in [1.29, 1.82) is 0 Å². The Bertz CT molecular complexity index is 426. The molecule has 0 amide bonds. The summed E-state index contributed by atoms with van der Waals surface area (Å²) in [7, 11) is 0. The van der Waals surface area contributed by atoms with E-state index in [1.54, 1.807) is 12.1 Å². The summed E-state index contributed by atoms with van der Waals surface area (Å²) in [5, 5.41) is 10.1. The highest BCUT2D eigenvalue weighted by atomic mass is 16.3. The molecule has 0 aliphatic carbocycles. The van der Waals surface area contributed by atoms with Gasteiger partial charge < -0.3 is 5.11 Å². The summed E-state index contributed by atoms with van der Waals surface area (Å²) in [6, 6.07) is 5.09. The molecule has 12 heavy (non-hydrogen) atoms. The highest BCUT2D eigenvalue weighted by Crippen LogP contribution is 2.18. The van der Waals surface area contributed by atoms with Crippen LogP contribution in [-0.4, -0.2) is 15.1 Å². The molecule has 0 atom stereocenters. The van der Waals surface area contributed by atoms with Gasteiger partial charge in [-0.1, -0.05) is 0 Å². The van der Waals surface area contributed by atoms with Gasteiger partial charge in [0.1, 0.15) is 12.1 Å². The van der Waals surface area contributed by atoms with Crippen molar-refractivity contribution < 1.29 is 5.11 Å². The van der Waals surface area contributed by atoms with Gasteiger partial charge >= 0.3 is 0 Å². The molecule has 0 unspecified atom stereocenters. The van der Waals surface area contributed by atoms with Gasteiger partial charge in [0.2, 0.25) is 0 Å². The monoisotopic (exact) mass is 160 g/mol. The summed E-state index contributed by atoms with van der Waals surface area (Å²) in [4.78, 5) is 8.08. The maximum Gasteiger partial charge on any atom is 0.117 e. The number of benzene rings is 1. The first-order valence-electron chi connectivity index (χ1n) is 3.68. The zero-order chi connectivity index (χ0) is 8.55. The molecule has 3 heteroatoms. The fourth-order valence-corrected chi connectivity index (χ4v) is 1.18. The Labute approximate surface area is 69.7 Å². The summed E-state index contributed by atoms with van der Waals surface area (Å²) in [6.45, 7) is 1.92. The van der Waals surface area contributed by atoms with Crippen LogP contribution in [0.1, 0.15) is 5.69 Å². The Morgan fingerprint density at radius 1 is 1.25 bits per heavy atom. The van der Waals surface area contributed by atoms with E-state index < -0.39 is 0 Å². The van der Waals surface area contributed by atoms with Gasteiger partial charge in [-0.25, -0.2) is 9.97 Å². The molecular formula is C9H8N2O. The van der Waals surface area contributed by atoms with E-state index in [-0.39, 0.29) is 5.75 Å². The Balaban J connectivity index is 2.86. The summed E-state index contributed by atoms with van der Waals surface area (Å²) < 4.78 is 0. The van der Waals surface area contributed by atoms with Gasteiger partial charge in [0.15, 0.2) is 0 Å². The second-order valence-electron chi connectivity index (χ2n) is 2.66. The number of hydrogen-bond acceptors (Lipinski definition) is 3. The van der Waals surface area contributed by atoms with Gasteiger partial charge in [-0.3, -0.25) is 0 Å². The van der Waals surface area contributed by atoms with Crippen LogP contribution in [0.2, 0.25) is 0 Å². The second-order valence-corrected chi connectivity index (χ2v) is 2.66. The van der Waals surface area contributed by atoms with E-state index in [0.29, 0.717) is 0 Å². The maximum atomic E-state index is 9.16. The number of aromatic nitrogens is 2. The van der Waals surface area contributed by atoms with Crippen LogP contribution >= 0.6 is 0 Å². The van der Waals surface area contributed by atoms with Gasteiger partial charge in [0.05, 0.1) is 5.52 Å². The van der Waals surface area contributed by atoms with Crippen LogP contribution in [0, 0.1) is 6.92 Å². The molecular weight excluding hydrogens is 152 g/mol. The lowest BCUT2D eigenvalue weighted by Crippen LogP contribution is -1.85. The number of nitrogens with zero attached hydrogens (tertiary/aromatic N) is 2. The molecule has 0 aliphatic heterocycles. The minimum absolute atomic E-state index is 0.237. The molecule has 0 saturated carbocycles. The molecule has 1 aromatic carbocycles. The number of aromatic hydroxyl groups is 1. The molecule has 0 fully saturated rings. The van der Waals surface area contributed by atoms with Gasteiger partial charge in [-0.15, -0.1) is 0 Å². The van der Waals surface area contributed by atoms with Gasteiger partial charge in [0, 0.05) is 17.1 Å². The van der Waals surface area contributed by atoms with Crippen LogP contribution < -0.4 is 0 Å². The van der Waals surface area contributed by atoms with Crippen molar-refractivity contribution in [3.05, 3.63) is 30.2 Å². The Hall–Kier alpha value is -1.64. The number of hydrogen-bond donors (Lipinski definition) is 1. The van der Waals surface area contributed by atoms with Crippen molar-refractivity contribution in [2.24, 2.45) is 0 Å². The van der Waals surface area contributed by atoms with E-state index in [2.05, 4.69) is 9.97 Å². The summed E-state index contributed by atoms with van der Waals surface area (Å²) >= 11 is 0. The molecule has 1 aromatic heterocycles. The quantitative estimate of drug-likeness (QED) is 0.637. The van der Waals surface area contributed by atoms with Crippen LogP contribution in [0.15, 0.2) is 24.5 Å². The predicted molar refractivity (Wildman–Crippen MR) is 45.9 cm³/mol. The van der Waals surface area contributed by atoms with Crippen LogP contribution in [0.3, 0.4) is 0 Å². The van der Waals surface area contributed by atoms with Crippen molar-refractivity contribution in [3.8, 4) is 5.75 Å². The van der Waals surface area contributed by atoms with Crippen LogP contribution in [-0.2, 0) is 0 Å². The van der Waals surface area contributed by atoms with E-state index in [0.717, 1.165) is 16.6 Å². The normalized spacial score (nSPS) is 10.4. The first kappa shape index (κ1) is 7.03. The molecule has 0 bridgehead atoms. The number of fused-ring (bicyclic) bond motifs is 1. The lowest BCUT2D eigenvalue weighted by Gasteiger charge is -1.99. The zero-order valence-electron chi connectivity index (χ0n) is 6.65. The average molecular weight is 160 g/mol. The SMILES string of the molecule is Cc1ncnc2cc(O)ccc12. The van der Waals surface area contributed by atoms with E-state index in [9.17, 15) is 0 Å². The average Bonchev–Trinajstić information content (AvgIpc) is 2.04. The van der Waals surface area contributed by atoms with Gasteiger partial charge in [0.25, 0.3) is 0 Å². The van der Waals surface area contributed by atoms with Crippen molar-refractivity contribution in [3.63, 3.8) is 0 Å². The highest BCUT2D eigenvalue weighted by molar-refractivity contribution is 5.81. The van der Waals surface area contributed by atoms with Crippen molar-refractivity contribution in [1.82, 2.24) is 9.97 Å². The first-order valence-corrected chi connectivity index (χ1v) is 3.68. The standard InChI is InChI=1S/C9H8N2O/c1-6-8-3-2-7(12)4-9(8)11-5-10-6/h2-5,12H,1H3. The zero-order valence-corrected chi connectivity index (χ0v) is 6.65. The maximum absolute atomic E-state index is 9.16. The third-order valence-electron chi connectivity index (χ3n) is 1.82. The number of phenolic OH excluding ortho intramolecular Hbond substituents is 1. The summed E-state index contributed by atoms with van der Waals surface area (Å²) in [6.07, 6.45) is 1.50. The topological polar surface area (TPSA) is 46.0 Å². The van der Waals surface area contributed by atoms with Crippen molar-refractivity contribution in [2.75, 3.05) is 0 Å². The summed E-state index contributed by atoms with van der Waals surface area (Å²) in [5.41, 5.74) is 1.71. The Kier molecular flexibility index (Phi) is 1.43. The molecule has 0 radical (unpaired) electrons. The smallest absolute Gasteiger partial charge is 0.117 e. The second kappa shape index (κ2) is 2.44. The Morgan fingerprint density at radius 3 is 2.92 bits per heavy atom. The lowest BCUT2D eigenvalue weighted by molar-refractivity contribution is 0.476. The summed E-state index contributed by atoms with van der Waals surface area (Å²) in [5.74, 6) is 0.237. The minimum atomic E-state index is 0.237. The number of phenols is 1. The third-order valence-corrected chi connectivity index (χ3v) is 1.82. The van der Waals surface area contributed by atoms with Crippen LogP contribution in [0.5, 0.6) is 5.75 Å². The number of aryl methyl sites for hydroxylation is 1. The molecule has 1 heterocycles. The molecule has 0 spiro atoms. The highest BCUT2D eigenvalue weighted by Gasteiger charge is 1.98. The Morgan fingerprint density at radius 2 is 2.08 bits per heavy atom. The van der Waals surface area contributed by atoms with Crippen molar-refractivity contribution in [2.45, 2.75) is 6.92 Å². The first-order chi connectivity index (χ1) is 5.77.